The summed E-state index contributed by atoms with van der Waals surface area (Å²) in [6.07, 6.45) is 0.641. The van der Waals surface area contributed by atoms with Gasteiger partial charge in [0.05, 0.1) is 0 Å². The van der Waals surface area contributed by atoms with Crippen LogP contribution in [0.25, 0.3) is 0 Å². The van der Waals surface area contributed by atoms with Gasteiger partial charge >= 0.3 is 6.36 Å². The summed E-state index contributed by atoms with van der Waals surface area (Å²) in [5.74, 6) is -0.298. The lowest BCUT2D eigenvalue weighted by Crippen LogP contribution is -2.45. The summed E-state index contributed by atoms with van der Waals surface area (Å²) in [5, 5.41) is 13.5. The first kappa shape index (κ1) is 19.6. The van der Waals surface area contributed by atoms with Gasteiger partial charge in [-0.3, -0.25) is 4.90 Å². The number of unbranched alkanes of at least 4 members (excludes halogenated alkanes) is 2. The molecule has 1 atom stereocenters. The molecule has 0 spiro atoms. The monoisotopic (exact) mass is 358 g/mol. The number of hydrogen-bond donors (Lipinski definition) is 2. The maximum absolute atomic E-state index is 12.5. The molecule has 0 aliphatic carbocycles. The largest absolute Gasteiger partial charge is 0.573 e. The minimum Gasteiger partial charge on any atom is -0.508 e. The third-order valence-electron chi connectivity index (χ3n) is 4.32. The van der Waals surface area contributed by atoms with Crippen LogP contribution in [-0.2, 0) is 0 Å². The van der Waals surface area contributed by atoms with Gasteiger partial charge < -0.3 is 15.2 Å². The first-order valence-corrected chi connectivity index (χ1v) is 8.55. The minimum absolute atomic E-state index is 0.00165. The Hall–Kier alpha value is -1.73. The molecular formula is C18H25F3N2O2. The van der Waals surface area contributed by atoms with Gasteiger partial charge in [-0.05, 0) is 37.5 Å². The molecule has 140 valence electrons. The average molecular weight is 358 g/mol. The van der Waals surface area contributed by atoms with Crippen LogP contribution in [0.3, 0.4) is 0 Å². The molecule has 1 aliphatic rings. The number of nitrogens with one attached hydrogen (secondary N) is 1. The Morgan fingerprint density at radius 1 is 1.28 bits per heavy atom. The fourth-order valence-electron chi connectivity index (χ4n) is 3.15. The van der Waals surface area contributed by atoms with E-state index in [9.17, 15) is 18.3 Å². The lowest BCUT2D eigenvalue weighted by Gasteiger charge is -2.35. The molecule has 2 rings (SSSR count). The van der Waals surface area contributed by atoms with Crippen LogP contribution in [0.5, 0.6) is 11.5 Å². The fourth-order valence-corrected chi connectivity index (χ4v) is 3.15. The van der Waals surface area contributed by atoms with E-state index in [2.05, 4.69) is 21.5 Å². The van der Waals surface area contributed by atoms with Gasteiger partial charge in [0.2, 0.25) is 0 Å². The number of halogens is 3. The second-order valence-corrected chi connectivity index (χ2v) is 6.14. The third kappa shape index (κ3) is 6.25. The highest BCUT2D eigenvalue weighted by Crippen LogP contribution is 2.36. The van der Waals surface area contributed by atoms with E-state index in [1.54, 1.807) is 0 Å². The first-order chi connectivity index (χ1) is 11.9. The lowest BCUT2D eigenvalue weighted by molar-refractivity contribution is -0.274. The van der Waals surface area contributed by atoms with E-state index in [1.165, 1.54) is 12.1 Å². The second kappa shape index (κ2) is 9.10. The normalized spacial score (nSPS) is 17.2. The summed E-state index contributed by atoms with van der Waals surface area (Å²) in [6, 6.07) is 3.58. The second-order valence-electron chi connectivity index (χ2n) is 6.14. The Morgan fingerprint density at radius 2 is 2.00 bits per heavy atom. The van der Waals surface area contributed by atoms with Crippen LogP contribution in [0.1, 0.15) is 37.3 Å². The molecule has 0 unspecified atom stereocenters. The highest BCUT2D eigenvalue weighted by molar-refractivity contribution is 5.41. The number of rotatable bonds is 8. The van der Waals surface area contributed by atoms with Crippen molar-refractivity contribution in [1.82, 2.24) is 10.2 Å². The van der Waals surface area contributed by atoms with E-state index < -0.39 is 6.36 Å². The number of allylic oxidation sites excluding steroid dienone is 1. The molecular weight excluding hydrogens is 333 g/mol. The number of alkyl halides is 3. The van der Waals surface area contributed by atoms with Crippen molar-refractivity contribution < 1.29 is 23.0 Å². The number of benzene rings is 1. The average Bonchev–Trinajstić information content (AvgIpc) is 2.57. The van der Waals surface area contributed by atoms with Gasteiger partial charge in [-0.15, -0.1) is 19.8 Å². The van der Waals surface area contributed by atoms with Crippen LogP contribution in [0.2, 0.25) is 0 Å². The molecule has 0 radical (unpaired) electrons. The van der Waals surface area contributed by atoms with Gasteiger partial charge in [-0.1, -0.05) is 12.5 Å². The number of hydrogen-bond acceptors (Lipinski definition) is 4. The maximum atomic E-state index is 12.5. The predicted molar refractivity (Wildman–Crippen MR) is 90.6 cm³/mol. The molecule has 4 nitrogen and oxygen atoms in total. The molecule has 25 heavy (non-hydrogen) atoms. The molecule has 7 heteroatoms. The maximum Gasteiger partial charge on any atom is 0.573 e. The smallest absolute Gasteiger partial charge is 0.508 e. The van der Waals surface area contributed by atoms with E-state index in [4.69, 9.17) is 0 Å². The number of ether oxygens (including phenoxy) is 1. The highest BCUT2D eigenvalue weighted by Gasteiger charge is 2.32. The van der Waals surface area contributed by atoms with Gasteiger partial charge in [-0.25, -0.2) is 0 Å². The van der Waals surface area contributed by atoms with Crippen LogP contribution < -0.4 is 10.1 Å². The van der Waals surface area contributed by atoms with Crippen molar-refractivity contribution in [2.24, 2.45) is 0 Å². The Bertz CT molecular complexity index is 558. The molecule has 1 heterocycles. The molecule has 0 bridgehead atoms. The van der Waals surface area contributed by atoms with Gasteiger partial charge in [0, 0.05) is 37.8 Å². The SMILES string of the molecule is C=CCCCC[C@H](c1cc(OC(F)(F)F)ccc1O)N1CCNCC1. The third-order valence-corrected chi connectivity index (χ3v) is 4.32. The molecule has 1 fully saturated rings. The Labute approximate surface area is 146 Å². The van der Waals surface area contributed by atoms with Gasteiger partial charge in [-0.2, -0.15) is 0 Å². The molecule has 0 aromatic heterocycles. The molecule has 1 aromatic rings. The Balaban J connectivity index is 2.21. The van der Waals surface area contributed by atoms with Gasteiger partial charge in [0.25, 0.3) is 0 Å². The van der Waals surface area contributed by atoms with E-state index in [-0.39, 0.29) is 17.5 Å². The van der Waals surface area contributed by atoms with Crippen molar-refractivity contribution >= 4 is 0 Å². The van der Waals surface area contributed by atoms with Crippen LogP contribution in [0, 0.1) is 0 Å². The number of aromatic hydroxyl groups is 1. The molecule has 0 amide bonds. The van der Waals surface area contributed by atoms with Gasteiger partial charge in [0.1, 0.15) is 11.5 Å². The molecule has 1 saturated heterocycles. The van der Waals surface area contributed by atoms with Gasteiger partial charge in [0.15, 0.2) is 0 Å². The molecule has 1 aliphatic heterocycles. The molecule has 1 aromatic carbocycles. The van der Waals surface area contributed by atoms with Crippen molar-refractivity contribution in [2.45, 2.75) is 38.1 Å². The summed E-state index contributed by atoms with van der Waals surface area (Å²) in [7, 11) is 0. The zero-order chi connectivity index (χ0) is 18.3. The Morgan fingerprint density at radius 3 is 2.64 bits per heavy atom. The van der Waals surface area contributed by atoms with Crippen molar-refractivity contribution in [2.75, 3.05) is 26.2 Å². The summed E-state index contributed by atoms with van der Waals surface area (Å²) >= 11 is 0. The zero-order valence-corrected chi connectivity index (χ0v) is 14.2. The summed E-state index contributed by atoms with van der Waals surface area (Å²) in [6.45, 7) is 6.92. The van der Waals surface area contributed by atoms with E-state index in [0.29, 0.717) is 5.56 Å². The molecule has 2 N–H and O–H groups in total. The van der Waals surface area contributed by atoms with Crippen molar-refractivity contribution in [3.05, 3.63) is 36.4 Å². The fraction of sp³-hybridized carbons (Fsp3) is 0.556. The van der Waals surface area contributed by atoms with Crippen molar-refractivity contribution in [3.63, 3.8) is 0 Å². The topological polar surface area (TPSA) is 44.7 Å². The highest BCUT2D eigenvalue weighted by atomic mass is 19.4. The lowest BCUT2D eigenvalue weighted by atomic mass is 9.97. The van der Waals surface area contributed by atoms with Crippen molar-refractivity contribution in [1.29, 1.82) is 0 Å². The number of phenols is 1. The summed E-state index contributed by atoms with van der Waals surface area (Å²) < 4.78 is 41.5. The first-order valence-electron chi connectivity index (χ1n) is 8.55. The standard InChI is InChI=1S/C18H25F3N2O2/c1-2-3-4-5-6-16(23-11-9-22-10-12-23)15-13-14(7-8-17(15)24)25-18(19,20)21/h2,7-8,13,16,22,24H,1,3-6,9-12H2/t16-/m1/s1. The predicted octanol–water partition coefficient (Wildman–Crippen LogP) is 3.98. The van der Waals surface area contributed by atoms with Crippen molar-refractivity contribution in [3.8, 4) is 11.5 Å². The summed E-state index contributed by atoms with van der Waals surface area (Å²) in [4.78, 5) is 2.21. The summed E-state index contributed by atoms with van der Waals surface area (Å²) in [5.41, 5.74) is 0.488. The quantitative estimate of drug-likeness (QED) is 0.545. The number of phenolic OH excluding ortho intramolecular Hbond substituents is 1. The van der Waals surface area contributed by atoms with Crippen LogP contribution in [0.15, 0.2) is 30.9 Å². The zero-order valence-electron chi connectivity index (χ0n) is 14.2. The number of nitrogens with zero attached hydrogens (tertiary/aromatic N) is 1. The van der Waals surface area contributed by atoms with E-state index in [1.807, 2.05) is 6.08 Å². The van der Waals surface area contributed by atoms with E-state index in [0.717, 1.165) is 57.9 Å². The number of piperazine rings is 1. The van der Waals surface area contributed by atoms with E-state index >= 15 is 0 Å². The Kier molecular flexibility index (Phi) is 7.13. The van der Waals surface area contributed by atoms with Crippen LogP contribution in [-0.4, -0.2) is 42.5 Å². The van der Waals surface area contributed by atoms with Crippen LogP contribution in [0.4, 0.5) is 13.2 Å². The minimum atomic E-state index is -4.75. The molecule has 0 saturated carbocycles. The van der Waals surface area contributed by atoms with Crippen LogP contribution >= 0.6 is 0 Å².